The molecule has 0 radical (unpaired) electrons. The molecular weight excluding hydrogens is 376 g/mol. The van der Waals surface area contributed by atoms with Crippen LogP contribution in [0.2, 0.25) is 0 Å². The van der Waals surface area contributed by atoms with Crippen LogP contribution in [0.15, 0.2) is 52.5 Å². The van der Waals surface area contributed by atoms with Crippen LogP contribution < -0.4 is 4.74 Å². The Bertz CT molecular complexity index is 1000. The number of aromatic nitrogens is 1. The Hall–Kier alpha value is -1.97. The molecule has 0 spiro atoms. The summed E-state index contributed by atoms with van der Waals surface area (Å²) < 4.78 is 56.6. The highest BCUT2D eigenvalue weighted by Crippen LogP contribution is 2.27. The number of hydrogen-bond acceptors (Lipinski definition) is 6. The van der Waals surface area contributed by atoms with Crippen molar-refractivity contribution in [3.05, 3.63) is 48.3 Å². The lowest BCUT2D eigenvalue weighted by molar-refractivity contribution is 0.214. The van der Waals surface area contributed by atoms with E-state index < -0.39 is 19.9 Å². The average Bonchev–Trinajstić information content (AvgIpc) is 3.04. The van der Waals surface area contributed by atoms with Crippen LogP contribution in [0.25, 0.3) is 0 Å². The fraction of sp³-hybridized carbons (Fsp3) is 0.353. The van der Waals surface area contributed by atoms with Crippen LogP contribution in [0, 0.1) is 6.92 Å². The highest BCUT2D eigenvalue weighted by Gasteiger charge is 2.35. The molecule has 2 aromatic rings. The maximum atomic E-state index is 13.0. The molecule has 1 fully saturated rings. The first-order valence-electron chi connectivity index (χ1n) is 8.05. The quantitative estimate of drug-likeness (QED) is 0.763. The van der Waals surface area contributed by atoms with Crippen LogP contribution in [0.5, 0.6) is 5.75 Å². The molecule has 1 aliphatic rings. The van der Waals surface area contributed by atoms with E-state index in [0.29, 0.717) is 24.3 Å². The number of rotatable bonds is 5. The van der Waals surface area contributed by atoms with E-state index in [1.807, 2.05) is 0 Å². The Labute approximate surface area is 153 Å². The Morgan fingerprint density at radius 1 is 1.19 bits per heavy atom. The zero-order chi connectivity index (χ0) is 18.9. The fourth-order valence-corrected chi connectivity index (χ4v) is 5.31. The summed E-state index contributed by atoms with van der Waals surface area (Å²) in [6.07, 6.45) is 4.56. The zero-order valence-electron chi connectivity index (χ0n) is 14.5. The molecular formula is C17H20N2O5S2. The minimum absolute atomic E-state index is 0.0102. The molecule has 140 valence electrons. The predicted octanol–water partition coefficient (Wildman–Crippen LogP) is 1.64. The van der Waals surface area contributed by atoms with Crippen LogP contribution in [-0.2, 0) is 19.9 Å². The molecule has 3 rings (SSSR count). The topological polar surface area (TPSA) is 93.6 Å². The molecule has 0 aliphatic carbocycles. The van der Waals surface area contributed by atoms with Gasteiger partial charge in [-0.05, 0) is 43.2 Å². The van der Waals surface area contributed by atoms with E-state index in [0.717, 1.165) is 6.26 Å². The summed E-state index contributed by atoms with van der Waals surface area (Å²) in [5.41, 5.74) is 0.508. The van der Waals surface area contributed by atoms with Gasteiger partial charge in [-0.15, -0.1) is 0 Å². The van der Waals surface area contributed by atoms with Gasteiger partial charge < -0.3 is 4.74 Å². The summed E-state index contributed by atoms with van der Waals surface area (Å²) in [5, 5.41) is 0. The zero-order valence-corrected chi connectivity index (χ0v) is 16.1. The third-order valence-electron chi connectivity index (χ3n) is 4.25. The van der Waals surface area contributed by atoms with Crippen molar-refractivity contribution in [1.82, 2.24) is 9.29 Å². The molecule has 1 saturated heterocycles. The third kappa shape index (κ3) is 3.89. The van der Waals surface area contributed by atoms with Crippen molar-refractivity contribution >= 4 is 19.9 Å². The van der Waals surface area contributed by atoms with Crippen molar-refractivity contribution in [1.29, 1.82) is 0 Å². The smallest absolute Gasteiger partial charge is 0.243 e. The standard InChI is InChI=1S/C17H20N2O5S2/c1-13-5-6-16(25(2,20)21)10-17(13)26(22,23)19-9-7-15(12-19)24-14-4-3-8-18-11-14/h3-6,8,10-11,15H,7,9,12H2,1-2H3. The first-order valence-corrected chi connectivity index (χ1v) is 11.4. The van der Waals surface area contributed by atoms with Crippen molar-refractivity contribution in [3.8, 4) is 5.75 Å². The van der Waals surface area contributed by atoms with Gasteiger partial charge in [0.05, 0.1) is 22.5 Å². The number of ether oxygens (including phenoxy) is 1. The van der Waals surface area contributed by atoms with Gasteiger partial charge in [-0.1, -0.05) is 6.07 Å². The summed E-state index contributed by atoms with van der Waals surface area (Å²) in [6.45, 7) is 2.17. The second-order valence-electron chi connectivity index (χ2n) is 6.28. The molecule has 1 aromatic heterocycles. The SMILES string of the molecule is Cc1ccc(S(C)(=O)=O)cc1S(=O)(=O)N1CCC(Oc2cccnc2)C1. The van der Waals surface area contributed by atoms with E-state index in [4.69, 9.17) is 4.74 Å². The van der Waals surface area contributed by atoms with Gasteiger partial charge in [-0.2, -0.15) is 4.31 Å². The number of benzene rings is 1. The fourth-order valence-electron chi connectivity index (χ4n) is 2.85. The van der Waals surface area contributed by atoms with E-state index in [1.165, 1.54) is 22.5 Å². The molecule has 9 heteroatoms. The molecule has 2 heterocycles. The van der Waals surface area contributed by atoms with E-state index >= 15 is 0 Å². The third-order valence-corrected chi connectivity index (χ3v) is 7.37. The van der Waals surface area contributed by atoms with Gasteiger partial charge in [-0.3, -0.25) is 4.98 Å². The van der Waals surface area contributed by atoms with E-state index in [-0.39, 0.29) is 22.4 Å². The van der Waals surface area contributed by atoms with Crippen LogP contribution in [0.3, 0.4) is 0 Å². The maximum Gasteiger partial charge on any atom is 0.243 e. The van der Waals surface area contributed by atoms with Gasteiger partial charge >= 0.3 is 0 Å². The highest BCUT2D eigenvalue weighted by molar-refractivity contribution is 7.91. The number of hydrogen-bond donors (Lipinski definition) is 0. The first-order chi connectivity index (χ1) is 12.2. The minimum atomic E-state index is -3.80. The Morgan fingerprint density at radius 2 is 1.96 bits per heavy atom. The number of aryl methyl sites for hydroxylation is 1. The van der Waals surface area contributed by atoms with Crippen molar-refractivity contribution in [2.24, 2.45) is 0 Å². The summed E-state index contributed by atoms with van der Waals surface area (Å²) >= 11 is 0. The molecule has 0 saturated carbocycles. The summed E-state index contributed by atoms with van der Waals surface area (Å²) in [7, 11) is -7.30. The predicted molar refractivity (Wildman–Crippen MR) is 96.3 cm³/mol. The Kier molecular flexibility index (Phi) is 5.05. The van der Waals surface area contributed by atoms with Crippen LogP contribution in [0.1, 0.15) is 12.0 Å². The molecule has 0 N–H and O–H groups in total. The van der Waals surface area contributed by atoms with Crippen LogP contribution in [-0.4, -0.2) is 51.6 Å². The molecule has 1 aliphatic heterocycles. The number of pyridine rings is 1. The van der Waals surface area contributed by atoms with Gasteiger partial charge in [0.1, 0.15) is 11.9 Å². The summed E-state index contributed by atoms with van der Waals surface area (Å²) in [4.78, 5) is 3.98. The molecule has 1 atom stereocenters. The van der Waals surface area contributed by atoms with Gasteiger partial charge in [-0.25, -0.2) is 16.8 Å². The highest BCUT2D eigenvalue weighted by atomic mass is 32.2. The second kappa shape index (κ2) is 6.98. The van der Waals surface area contributed by atoms with E-state index in [2.05, 4.69) is 4.98 Å². The lowest BCUT2D eigenvalue weighted by atomic mass is 10.2. The van der Waals surface area contributed by atoms with E-state index in [9.17, 15) is 16.8 Å². The van der Waals surface area contributed by atoms with E-state index in [1.54, 1.807) is 31.5 Å². The number of sulfonamides is 1. The van der Waals surface area contributed by atoms with Gasteiger partial charge in [0.15, 0.2) is 9.84 Å². The lowest BCUT2D eigenvalue weighted by Crippen LogP contribution is -2.31. The lowest BCUT2D eigenvalue weighted by Gasteiger charge is -2.19. The molecule has 0 amide bonds. The first kappa shape index (κ1) is 18.8. The van der Waals surface area contributed by atoms with Crippen molar-refractivity contribution in [3.63, 3.8) is 0 Å². The molecule has 1 aromatic carbocycles. The van der Waals surface area contributed by atoms with Gasteiger partial charge in [0.2, 0.25) is 10.0 Å². The Balaban J connectivity index is 1.83. The number of nitrogens with zero attached hydrogens (tertiary/aromatic N) is 2. The van der Waals surface area contributed by atoms with Crippen molar-refractivity contribution in [2.75, 3.05) is 19.3 Å². The monoisotopic (exact) mass is 396 g/mol. The summed E-state index contributed by atoms with van der Waals surface area (Å²) in [6, 6.07) is 7.68. The average molecular weight is 396 g/mol. The largest absolute Gasteiger partial charge is 0.487 e. The van der Waals surface area contributed by atoms with Crippen LogP contribution in [0.4, 0.5) is 0 Å². The second-order valence-corrected chi connectivity index (χ2v) is 10.2. The normalized spacial score (nSPS) is 18.8. The molecule has 26 heavy (non-hydrogen) atoms. The van der Waals surface area contributed by atoms with Crippen molar-refractivity contribution < 1.29 is 21.6 Å². The summed E-state index contributed by atoms with van der Waals surface area (Å²) in [5.74, 6) is 0.590. The van der Waals surface area contributed by atoms with Crippen molar-refractivity contribution in [2.45, 2.75) is 29.2 Å². The van der Waals surface area contributed by atoms with Gasteiger partial charge in [0, 0.05) is 19.0 Å². The van der Waals surface area contributed by atoms with Gasteiger partial charge in [0.25, 0.3) is 0 Å². The molecule has 1 unspecified atom stereocenters. The number of sulfone groups is 1. The maximum absolute atomic E-state index is 13.0. The Morgan fingerprint density at radius 3 is 2.62 bits per heavy atom. The molecule has 7 nitrogen and oxygen atoms in total. The molecule has 0 bridgehead atoms. The van der Waals surface area contributed by atoms with Crippen LogP contribution >= 0.6 is 0 Å². The minimum Gasteiger partial charge on any atom is -0.487 e.